The number of carbonyl (C=O) groups is 1. The Hall–Kier alpha value is -2.05. The second-order valence-electron chi connectivity index (χ2n) is 4.96. The number of thioether (sulfide) groups is 1. The van der Waals surface area contributed by atoms with Crippen molar-refractivity contribution in [3.8, 4) is 5.75 Å². The minimum atomic E-state index is -0.159. The van der Waals surface area contributed by atoms with E-state index in [-0.39, 0.29) is 5.91 Å². The highest BCUT2D eigenvalue weighted by molar-refractivity contribution is 7.98. The standard InChI is InChI=1S/C17H16N2O2S2/c1-10-4-9-13(21-2)14-15(10)23-17(18-14)19-16(20)11-5-7-12(22-3)8-6-11/h4-9H,1-3H3,(H,18,19,20). The summed E-state index contributed by atoms with van der Waals surface area (Å²) in [6.45, 7) is 2.02. The highest BCUT2D eigenvalue weighted by Crippen LogP contribution is 2.34. The summed E-state index contributed by atoms with van der Waals surface area (Å²) >= 11 is 3.10. The van der Waals surface area contributed by atoms with Crippen LogP contribution in [0.25, 0.3) is 10.2 Å². The van der Waals surface area contributed by atoms with Crippen LogP contribution in [0.5, 0.6) is 5.75 Å². The summed E-state index contributed by atoms with van der Waals surface area (Å²) in [6.07, 6.45) is 2.01. The van der Waals surface area contributed by atoms with Gasteiger partial charge in [0.2, 0.25) is 0 Å². The number of hydrogen-bond acceptors (Lipinski definition) is 5. The Kier molecular flexibility index (Phi) is 4.54. The number of fused-ring (bicyclic) bond motifs is 1. The van der Waals surface area contributed by atoms with E-state index in [1.54, 1.807) is 18.9 Å². The topological polar surface area (TPSA) is 51.2 Å². The molecule has 1 N–H and O–H groups in total. The third kappa shape index (κ3) is 3.18. The number of thiazole rings is 1. The third-order valence-electron chi connectivity index (χ3n) is 3.50. The number of aryl methyl sites for hydroxylation is 1. The van der Waals surface area contributed by atoms with E-state index in [0.717, 1.165) is 20.7 Å². The maximum atomic E-state index is 12.3. The number of methoxy groups -OCH3 is 1. The minimum absolute atomic E-state index is 0.159. The molecule has 3 aromatic rings. The predicted molar refractivity (Wildman–Crippen MR) is 97.1 cm³/mol. The van der Waals surface area contributed by atoms with E-state index in [0.29, 0.717) is 16.4 Å². The summed E-state index contributed by atoms with van der Waals surface area (Å²) in [4.78, 5) is 18.0. The molecule has 0 radical (unpaired) electrons. The molecule has 0 bridgehead atoms. The molecule has 0 unspecified atom stereocenters. The molecule has 1 amide bonds. The number of anilines is 1. The average molecular weight is 344 g/mol. The van der Waals surface area contributed by atoms with Crippen LogP contribution in [0.15, 0.2) is 41.3 Å². The van der Waals surface area contributed by atoms with Crippen molar-refractivity contribution in [3.05, 3.63) is 47.5 Å². The second-order valence-corrected chi connectivity index (χ2v) is 6.84. The number of rotatable bonds is 4. The summed E-state index contributed by atoms with van der Waals surface area (Å²) in [7, 11) is 1.62. The predicted octanol–water partition coefficient (Wildman–Crippen LogP) is 4.59. The molecule has 0 aliphatic carbocycles. The zero-order valence-corrected chi connectivity index (χ0v) is 14.7. The third-order valence-corrected chi connectivity index (χ3v) is 5.35. The largest absolute Gasteiger partial charge is 0.494 e. The maximum absolute atomic E-state index is 12.3. The molecule has 0 aliphatic rings. The molecule has 2 aromatic carbocycles. The lowest BCUT2D eigenvalue weighted by molar-refractivity contribution is 0.102. The van der Waals surface area contributed by atoms with E-state index in [2.05, 4.69) is 10.3 Å². The van der Waals surface area contributed by atoms with Crippen molar-refractivity contribution in [2.24, 2.45) is 0 Å². The van der Waals surface area contributed by atoms with Gasteiger partial charge in [-0.05, 0) is 49.1 Å². The van der Waals surface area contributed by atoms with Crippen molar-refractivity contribution in [2.45, 2.75) is 11.8 Å². The first kappa shape index (κ1) is 15.8. The summed E-state index contributed by atoms with van der Waals surface area (Å²) in [5.74, 6) is 0.556. The van der Waals surface area contributed by atoms with Gasteiger partial charge in [0.05, 0.1) is 11.8 Å². The van der Waals surface area contributed by atoms with Crippen LogP contribution >= 0.6 is 23.1 Å². The van der Waals surface area contributed by atoms with Crippen LogP contribution in [0.4, 0.5) is 5.13 Å². The maximum Gasteiger partial charge on any atom is 0.257 e. The summed E-state index contributed by atoms with van der Waals surface area (Å²) in [5.41, 5.74) is 2.51. The van der Waals surface area contributed by atoms with Gasteiger partial charge in [-0.1, -0.05) is 17.4 Å². The van der Waals surface area contributed by atoms with Crippen molar-refractivity contribution in [1.82, 2.24) is 4.98 Å². The number of hydrogen-bond donors (Lipinski definition) is 1. The number of nitrogens with zero attached hydrogens (tertiary/aromatic N) is 1. The molecule has 6 heteroatoms. The molecule has 23 heavy (non-hydrogen) atoms. The molecule has 0 fully saturated rings. The fourth-order valence-electron chi connectivity index (χ4n) is 2.24. The molecule has 4 nitrogen and oxygen atoms in total. The van der Waals surface area contributed by atoms with Gasteiger partial charge in [-0.25, -0.2) is 4.98 Å². The molecular weight excluding hydrogens is 328 g/mol. The monoisotopic (exact) mass is 344 g/mol. The first-order valence-electron chi connectivity index (χ1n) is 7.02. The lowest BCUT2D eigenvalue weighted by atomic mass is 10.2. The van der Waals surface area contributed by atoms with Gasteiger partial charge < -0.3 is 4.74 Å². The van der Waals surface area contributed by atoms with E-state index in [4.69, 9.17) is 4.74 Å². The highest BCUT2D eigenvalue weighted by Gasteiger charge is 2.14. The van der Waals surface area contributed by atoms with Crippen molar-refractivity contribution in [3.63, 3.8) is 0 Å². The van der Waals surface area contributed by atoms with Gasteiger partial charge in [-0.3, -0.25) is 10.1 Å². The quantitative estimate of drug-likeness (QED) is 0.704. The molecule has 1 aromatic heterocycles. The molecule has 0 atom stereocenters. The summed E-state index contributed by atoms with van der Waals surface area (Å²) in [6, 6.07) is 11.4. The summed E-state index contributed by atoms with van der Waals surface area (Å²) < 4.78 is 6.37. The minimum Gasteiger partial charge on any atom is -0.494 e. The van der Waals surface area contributed by atoms with Gasteiger partial charge in [0.1, 0.15) is 11.3 Å². The molecule has 3 rings (SSSR count). The molecule has 0 aliphatic heterocycles. The Bertz CT molecular complexity index is 857. The Morgan fingerprint density at radius 1 is 1.22 bits per heavy atom. The second kappa shape index (κ2) is 6.60. The Morgan fingerprint density at radius 2 is 1.96 bits per heavy atom. The van der Waals surface area contributed by atoms with E-state index < -0.39 is 0 Å². The van der Waals surface area contributed by atoms with Crippen LogP contribution in [0.3, 0.4) is 0 Å². The van der Waals surface area contributed by atoms with Gasteiger partial charge in [0, 0.05) is 10.5 Å². The SMILES string of the molecule is COc1ccc(C)c2sc(NC(=O)c3ccc(SC)cc3)nc12. The van der Waals surface area contributed by atoms with Crippen molar-refractivity contribution >= 4 is 44.4 Å². The van der Waals surface area contributed by atoms with Crippen LogP contribution in [0, 0.1) is 6.92 Å². The number of amides is 1. The van der Waals surface area contributed by atoms with Gasteiger partial charge >= 0.3 is 0 Å². The Morgan fingerprint density at radius 3 is 2.61 bits per heavy atom. The highest BCUT2D eigenvalue weighted by atomic mass is 32.2. The number of benzene rings is 2. The number of ether oxygens (including phenoxy) is 1. The zero-order valence-electron chi connectivity index (χ0n) is 13.0. The van der Waals surface area contributed by atoms with Crippen LogP contribution in [0.1, 0.15) is 15.9 Å². The number of nitrogens with one attached hydrogen (secondary N) is 1. The summed E-state index contributed by atoms with van der Waals surface area (Å²) in [5, 5.41) is 3.45. The van der Waals surface area contributed by atoms with E-state index in [1.807, 2.05) is 49.6 Å². The average Bonchev–Trinajstić information content (AvgIpc) is 3.00. The zero-order chi connectivity index (χ0) is 16.4. The lowest BCUT2D eigenvalue weighted by Gasteiger charge is -2.02. The van der Waals surface area contributed by atoms with Gasteiger partial charge in [0.25, 0.3) is 5.91 Å². The Balaban J connectivity index is 1.88. The van der Waals surface area contributed by atoms with E-state index in [9.17, 15) is 4.79 Å². The number of carbonyl (C=O) groups excluding carboxylic acids is 1. The van der Waals surface area contributed by atoms with Crippen LogP contribution < -0.4 is 10.1 Å². The van der Waals surface area contributed by atoms with E-state index in [1.165, 1.54) is 11.3 Å². The van der Waals surface area contributed by atoms with Crippen LogP contribution in [0.2, 0.25) is 0 Å². The first-order valence-corrected chi connectivity index (χ1v) is 9.06. The van der Waals surface area contributed by atoms with Crippen LogP contribution in [-0.2, 0) is 0 Å². The van der Waals surface area contributed by atoms with Gasteiger partial charge in [-0.15, -0.1) is 11.8 Å². The van der Waals surface area contributed by atoms with Crippen LogP contribution in [-0.4, -0.2) is 24.3 Å². The van der Waals surface area contributed by atoms with Gasteiger partial charge in [-0.2, -0.15) is 0 Å². The molecule has 0 spiro atoms. The van der Waals surface area contributed by atoms with Crippen molar-refractivity contribution < 1.29 is 9.53 Å². The Labute approximate surface area is 142 Å². The van der Waals surface area contributed by atoms with Crippen molar-refractivity contribution in [2.75, 3.05) is 18.7 Å². The normalized spacial score (nSPS) is 10.7. The van der Waals surface area contributed by atoms with E-state index >= 15 is 0 Å². The number of aromatic nitrogens is 1. The molecule has 0 saturated heterocycles. The molecular formula is C17H16N2O2S2. The first-order chi connectivity index (χ1) is 11.1. The molecule has 1 heterocycles. The lowest BCUT2D eigenvalue weighted by Crippen LogP contribution is -2.11. The fraction of sp³-hybridized carbons (Fsp3) is 0.176. The molecule has 0 saturated carbocycles. The smallest absolute Gasteiger partial charge is 0.257 e. The fourth-order valence-corrected chi connectivity index (χ4v) is 3.59. The molecule has 118 valence electrons. The van der Waals surface area contributed by atoms with Gasteiger partial charge in [0.15, 0.2) is 5.13 Å². The van der Waals surface area contributed by atoms with Crippen molar-refractivity contribution in [1.29, 1.82) is 0 Å².